The van der Waals surface area contributed by atoms with Gasteiger partial charge in [-0.05, 0) is 0 Å². The fourth-order valence-corrected chi connectivity index (χ4v) is 5.38. The van der Waals surface area contributed by atoms with E-state index >= 15 is 0 Å². The number of aliphatic hydroxyl groups excluding tert-OH is 1. The molecule has 1 N–H and O–H groups in total. The average Bonchev–Trinajstić information content (AvgIpc) is 3.73. The molecule has 234 valence electrons. The van der Waals surface area contributed by atoms with Crippen LogP contribution in [0.2, 0.25) is 0 Å². The second-order valence-corrected chi connectivity index (χ2v) is 10.1. The summed E-state index contributed by atoms with van der Waals surface area (Å²) in [7, 11) is 7.44. The summed E-state index contributed by atoms with van der Waals surface area (Å²) in [6.45, 7) is -0.0329. The molecule has 2 aliphatic heterocycles. The smallest absolute Gasteiger partial charge is 0.317 e. The highest BCUT2D eigenvalue weighted by molar-refractivity contribution is 5.79. The van der Waals surface area contributed by atoms with E-state index < -0.39 is 85.2 Å². The van der Waals surface area contributed by atoms with E-state index in [-0.39, 0.29) is 13.2 Å². The Morgan fingerprint density at radius 3 is 1.64 bits per heavy atom. The molecule has 2 saturated heterocycles. The molecule has 4 rings (SSSR count). The molecule has 4 aliphatic rings. The molecule has 0 radical (unpaired) electrons. The fourth-order valence-electron chi connectivity index (χ4n) is 5.38. The van der Waals surface area contributed by atoms with E-state index in [1.165, 1.54) is 35.5 Å². The van der Waals surface area contributed by atoms with Crippen LogP contribution in [0.1, 0.15) is 0 Å². The summed E-state index contributed by atoms with van der Waals surface area (Å²) in [5, 5.41) is 11.4. The van der Waals surface area contributed by atoms with Gasteiger partial charge >= 0.3 is 11.9 Å². The normalized spacial score (nSPS) is 36.5. The molecule has 2 aliphatic carbocycles. The van der Waals surface area contributed by atoms with Crippen molar-refractivity contribution in [1.29, 1.82) is 0 Å². The van der Waals surface area contributed by atoms with Crippen LogP contribution < -0.4 is 0 Å². The van der Waals surface area contributed by atoms with E-state index in [4.69, 9.17) is 47.4 Å². The Morgan fingerprint density at radius 2 is 1.14 bits per heavy atom. The van der Waals surface area contributed by atoms with Gasteiger partial charge < -0.3 is 52.5 Å². The molecule has 2 fully saturated rings. The third kappa shape index (κ3) is 7.18. The lowest BCUT2D eigenvalue weighted by Gasteiger charge is -2.46. The summed E-state index contributed by atoms with van der Waals surface area (Å²) in [6.07, 6.45) is 3.87. The van der Waals surface area contributed by atoms with Gasteiger partial charge in [0, 0.05) is 35.5 Å². The predicted molar refractivity (Wildman–Crippen MR) is 144 cm³/mol. The van der Waals surface area contributed by atoms with Crippen molar-refractivity contribution < 1.29 is 62.1 Å². The van der Waals surface area contributed by atoms with E-state index in [0.29, 0.717) is 0 Å². The first kappa shape index (κ1) is 32.5. The maximum absolute atomic E-state index is 13.0. The number of methoxy groups -OCH3 is 5. The largest absolute Gasteiger partial charge is 0.455 e. The number of hydrogen-bond donors (Lipinski definition) is 1. The molecular formula is C29H40O13. The molecule has 1 unspecified atom stereocenters. The van der Waals surface area contributed by atoms with Crippen LogP contribution in [0.25, 0.3) is 0 Å². The van der Waals surface area contributed by atoms with Gasteiger partial charge in [-0.25, -0.2) is 0 Å². The minimum absolute atomic E-state index is 0.198. The summed E-state index contributed by atoms with van der Waals surface area (Å²) in [5.41, 5.74) is 0. The molecule has 10 atom stereocenters. The summed E-state index contributed by atoms with van der Waals surface area (Å²) < 4.78 is 57.3. The second-order valence-electron chi connectivity index (χ2n) is 10.1. The first-order valence-corrected chi connectivity index (χ1v) is 13.7. The number of allylic oxidation sites excluding steroid dienone is 4. The van der Waals surface area contributed by atoms with E-state index in [0.717, 1.165) is 0 Å². The maximum Gasteiger partial charge on any atom is 0.317 e. The second kappa shape index (κ2) is 15.3. The number of hydrogen-bond acceptors (Lipinski definition) is 13. The van der Waals surface area contributed by atoms with E-state index in [1.807, 2.05) is 0 Å². The van der Waals surface area contributed by atoms with Gasteiger partial charge in [-0.2, -0.15) is 0 Å². The van der Waals surface area contributed by atoms with Gasteiger partial charge in [0.15, 0.2) is 24.8 Å². The fraction of sp³-hybridized carbons (Fsp3) is 0.655. The molecule has 0 aromatic heterocycles. The van der Waals surface area contributed by atoms with Crippen LogP contribution in [0, 0.1) is 11.8 Å². The Labute approximate surface area is 244 Å². The lowest BCUT2D eigenvalue weighted by molar-refractivity contribution is -0.335. The number of ether oxygens (including phenoxy) is 10. The SMILES string of the molecule is COC[C@H]1OC(OC[C@H]2O[C@H](OC)[C@H](OC(=O)C3C=CC=C3)[C@@H](OC(=O)C3C=CC=C3)[C@@H]2O)[C@H](OC)[C@@H](OC)[C@@H]1OC. The van der Waals surface area contributed by atoms with Gasteiger partial charge in [0.25, 0.3) is 0 Å². The molecule has 0 bridgehead atoms. The third-order valence-corrected chi connectivity index (χ3v) is 7.56. The van der Waals surface area contributed by atoms with E-state index in [2.05, 4.69) is 0 Å². The van der Waals surface area contributed by atoms with Crippen LogP contribution in [-0.2, 0) is 57.0 Å². The number of carbonyl (C=O) groups excluding carboxylic acids is 2. The van der Waals surface area contributed by atoms with Crippen molar-refractivity contribution in [1.82, 2.24) is 0 Å². The first-order valence-electron chi connectivity index (χ1n) is 13.7. The van der Waals surface area contributed by atoms with Crippen LogP contribution in [0.15, 0.2) is 48.6 Å². The quantitative estimate of drug-likeness (QED) is 0.294. The topological polar surface area (TPSA) is 147 Å². The van der Waals surface area contributed by atoms with Crippen LogP contribution in [0.4, 0.5) is 0 Å². The molecule has 13 heteroatoms. The highest BCUT2D eigenvalue weighted by atomic mass is 16.7. The van der Waals surface area contributed by atoms with E-state index in [9.17, 15) is 14.7 Å². The first-order chi connectivity index (χ1) is 20.4. The van der Waals surface area contributed by atoms with Gasteiger partial charge in [0.05, 0.1) is 25.0 Å². The average molecular weight is 597 g/mol. The Kier molecular flexibility index (Phi) is 11.8. The zero-order valence-electron chi connectivity index (χ0n) is 24.3. The molecule has 0 amide bonds. The van der Waals surface area contributed by atoms with Gasteiger partial charge in [0.2, 0.25) is 0 Å². The predicted octanol–water partition coefficient (Wildman–Crippen LogP) is 0.460. The number of rotatable bonds is 13. The van der Waals surface area contributed by atoms with Crippen LogP contribution in [-0.4, -0.2) is 127 Å². The highest BCUT2D eigenvalue weighted by Gasteiger charge is 2.52. The standard InChI is InChI=1S/C29H40O13/c1-33-14-19-21(34-2)23(35-3)24(36-4)29(40-19)38-15-18-20(30)22(41-26(31)16-10-6-7-11-16)25(28(37-5)39-18)42-27(32)17-12-8-9-13-17/h6-13,16-25,28-30H,14-15H2,1-5H3/t18-,19-,20-,21-,22+,23+,24-,25-,28+,29?/m1/s1. The summed E-state index contributed by atoms with van der Waals surface area (Å²) >= 11 is 0. The van der Waals surface area contributed by atoms with Gasteiger partial charge in [0.1, 0.15) is 36.6 Å². The molecule has 0 aromatic carbocycles. The van der Waals surface area contributed by atoms with Crippen molar-refractivity contribution in [2.24, 2.45) is 11.8 Å². The van der Waals surface area contributed by atoms with Crippen LogP contribution in [0.3, 0.4) is 0 Å². The monoisotopic (exact) mass is 596 g/mol. The Morgan fingerprint density at radius 1 is 0.619 bits per heavy atom. The molecule has 13 nitrogen and oxygen atoms in total. The Bertz CT molecular complexity index is 1000. The molecule has 0 aromatic rings. The molecule has 0 saturated carbocycles. The lowest BCUT2D eigenvalue weighted by Crippen LogP contribution is -2.63. The summed E-state index contributed by atoms with van der Waals surface area (Å²) in [5.74, 6) is -2.52. The van der Waals surface area contributed by atoms with Gasteiger partial charge in [-0.1, -0.05) is 48.6 Å². The van der Waals surface area contributed by atoms with Crippen LogP contribution >= 0.6 is 0 Å². The van der Waals surface area contributed by atoms with Crippen molar-refractivity contribution in [2.45, 2.75) is 61.4 Å². The Hall–Kier alpha value is -2.46. The van der Waals surface area contributed by atoms with Gasteiger partial charge in [-0.3, -0.25) is 9.59 Å². The molecule has 0 spiro atoms. The van der Waals surface area contributed by atoms with Crippen LogP contribution in [0.5, 0.6) is 0 Å². The molecule has 42 heavy (non-hydrogen) atoms. The number of aliphatic hydroxyl groups is 1. The minimum atomic E-state index is -1.47. The highest BCUT2D eigenvalue weighted by Crippen LogP contribution is 2.32. The van der Waals surface area contributed by atoms with E-state index in [1.54, 1.807) is 48.6 Å². The summed E-state index contributed by atoms with van der Waals surface area (Å²) in [6, 6.07) is 0. The number of esters is 2. The molecular weight excluding hydrogens is 556 g/mol. The maximum atomic E-state index is 13.0. The lowest BCUT2D eigenvalue weighted by atomic mass is 9.97. The molecule has 2 heterocycles. The summed E-state index contributed by atoms with van der Waals surface area (Å²) in [4.78, 5) is 25.9. The zero-order valence-corrected chi connectivity index (χ0v) is 24.3. The van der Waals surface area contributed by atoms with Gasteiger partial charge in [-0.15, -0.1) is 0 Å². The number of carbonyl (C=O) groups is 2. The van der Waals surface area contributed by atoms with Crippen molar-refractivity contribution >= 4 is 11.9 Å². The van der Waals surface area contributed by atoms with Crippen molar-refractivity contribution in [3.8, 4) is 0 Å². The third-order valence-electron chi connectivity index (χ3n) is 7.56. The van der Waals surface area contributed by atoms with Crippen molar-refractivity contribution in [3.05, 3.63) is 48.6 Å². The van der Waals surface area contributed by atoms with Crippen molar-refractivity contribution in [2.75, 3.05) is 48.8 Å². The zero-order chi connectivity index (χ0) is 30.2. The van der Waals surface area contributed by atoms with Crippen molar-refractivity contribution in [3.63, 3.8) is 0 Å². The minimum Gasteiger partial charge on any atom is -0.455 e. The Balaban J connectivity index is 1.52.